The number of amides is 4. The fourth-order valence-electron chi connectivity index (χ4n) is 5.59. The Hall–Kier alpha value is -3.46. The van der Waals surface area contributed by atoms with Crippen molar-refractivity contribution in [3.63, 3.8) is 0 Å². The maximum absolute atomic E-state index is 12.2. The molecule has 19 nitrogen and oxygen atoms in total. The number of hydrogen-bond acceptors (Lipinski definition) is 13. The van der Waals surface area contributed by atoms with Crippen LogP contribution in [0.4, 0.5) is 0 Å². The Labute approximate surface area is 336 Å². The topological polar surface area (TPSA) is 287 Å². The second-order valence-corrected chi connectivity index (χ2v) is 14.0. The summed E-state index contributed by atoms with van der Waals surface area (Å²) in [4.78, 5) is 70.2. The van der Waals surface area contributed by atoms with Crippen LogP contribution in [0.1, 0.15) is 109 Å². The molecule has 57 heavy (non-hydrogen) atoms. The zero-order valence-electron chi connectivity index (χ0n) is 33.5. The second-order valence-electron chi connectivity index (χ2n) is 14.0. The number of nitrogens with one attached hydrogen (secondary N) is 4. The first-order valence-corrected chi connectivity index (χ1v) is 20.4. The minimum atomic E-state index is -1.20. The SMILES string of the molecule is N[C@@H](CCCCNC(=O)COCCOCCNC(=O)COCCOCCNC(=O)CC[C@H](NC(=O)CCCCCCCCCCCCC(=O)O)C(=O)O)C1OC1O. The third-order valence-corrected chi connectivity index (χ3v) is 8.89. The number of ether oxygens (including phenoxy) is 5. The molecule has 4 amide bonds. The Bertz CT molecular complexity index is 1130. The Balaban J connectivity index is 1.89. The summed E-state index contributed by atoms with van der Waals surface area (Å²) in [6.45, 7) is 2.05. The molecule has 0 saturated carbocycles. The van der Waals surface area contributed by atoms with Crippen molar-refractivity contribution in [2.24, 2.45) is 5.73 Å². The van der Waals surface area contributed by atoms with Crippen LogP contribution in [0.15, 0.2) is 0 Å². The normalized spacial score (nSPS) is 15.7. The fourth-order valence-corrected chi connectivity index (χ4v) is 5.59. The molecule has 1 rings (SSSR count). The molecule has 330 valence electrons. The number of carbonyl (C=O) groups is 6. The van der Waals surface area contributed by atoms with Gasteiger partial charge in [0.05, 0.1) is 39.6 Å². The third-order valence-electron chi connectivity index (χ3n) is 8.89. The molecule has 1 saturated heterocycles. The van der Waals surface area contributed by atoms with Crippen LogP contribution in [0.2, 0.25) is 0 Å². The molecule has 1 fully saturated rings. The molecule has 0 spiro atoms. The molecule has 1 aliphatic heterocycles. The van der Waals surface area contributed by atoms with Gasteiger partial charge < -0.3 is 66.0 Å². The van der Waals surface area contributed by atoms with Crippen LogP contribution in [-0.2, 0) is 52.5 Å². The van der Waals surface area contributed by atoms with Gasteiger partial charge in [0.25, 0.3) is 0 Å². The first-order valence-electron chi connectivity index (χ1n) is 20.4. The van der Waals surface area contributed by atoms with Gasteiger partial charge in [-0.2, -0.15) is 0 Å². The third kappa shape index (κ3) is 32.2. The van der Waals surface area contributed by atoms with Crippen molar-refractivity contribution in [1.29, 1.82) is 0 Å². The van der Waals surface area contributed by atoms with E-state index in [2.05, 4.69) is 21.3 Å². The number of rotatable bonds is 40. The van der Waals surface area contributed by atoms with Gasteiger partial charge in [0.1, 0.15) is 25.4 Å². The van der Waals surface area contributed by atoms with E-state index >= 15 is 0 Å². The lowest BCUT2D eigenvalue weighted by atomic mass is 10.0. The summed E-state index contributed by atoms with van der Waals surface area (Å²) in [5, 5.41) is 37.8. The second kappa shape index (κ2) is 34.6. The summed E-state index contributed by atoms with van der Waals surface area (Å²) < 4.78 is 26.2. The molecule has 2 unspecified atom stereocenters. The zero-order chi connectivity index (χ0) is 41.9. The van der Waals surface area contributed by atoms with Crippen molar-refractivity contribution in [3.8, 4) is 0 Å². The van der Waals surface area contributed by atoms with E-state index in [1.807, 2.05) is 0 Å². The van der Waals surface area contributed by atoms with E-state index in [0.29, 0.717) is 19.4 Å². The maximum Gasteiger partial charge on any atom is 0.326 e. The van der Waals surface area contributed by atoms with Gasteiger partial charge >= 0.3 is 11.9 Å². The number of nitrogens with two attached hydrogens (primary N) is 1. The molecule has 4 atom stereocenters. The molecule has 1 heterocycles. The average molecular weight is 820 g/mol. The number of unbranched alkanes of at least 4 members (excludes halogenated alkanes) is 10. The van der Waals surface area contributed by atoms with Crippen LogP contribution < -0.4 is 27.0 Å². The Kier molecular flexibility index (Phi) is 31.3. The number of carboxylic acids is 2. The molecule has 0 aromatic heterocycles. The fraction of sp³-hybridized carbons (Fsp3) is 0.842. The van der Waals surface area contributed by atoms with E-state index in [9.17, 15) is 39.0 Å². The molecule has 0 bridgehead atoms. The van der Waals surface area contributed by atoms with Crippen molar-refractivity contribution in [2.75, 3.05) is 72.5 Å². The van der Waals surface area contributed by atoms with Crippen LogP contribution in [-0.4, -0.2) is 148 Å². The molecule has 1 aliphatic rings. The predicted octanol–water partition coefficient (Wildman–Crippen LogP) is 0.732. The van der Waals surface area contributed by atoms with Crippen LogP contribution >= 0.6 is 0 Å². The van der Waals surface area contributed by atoms with Crippen molar-refractivity contribution < 1.29 is 67.8 Å². The number of aliphatic hydroxyl groups is 1. The van der Waals surface area contributed by atoms with Crippen LogP contribution in [0, 0.1) is 0 Å². The highest BCUT2D eigenvalue weighted by molar-refractivity contribution is 5.84. The van der Waals surface area contributed by atoms with Crippen molar-refractivity contribution >= 4 is 35.6 Å². The minimum absolute atomic E-state index is 0.0371. The van der Waals surface area contributed by atoms with Gasteiger partial charge in [0, 0.05) is 44.9 Å². The first-order chi connectivity index (χ1) is 27.5. The summed E-state index contributed by atoms with van der Waals surface area (Å²) >= 11 is 0. The number of aliphatic hydroxyl groups excluding tert-OH is 1. The lowest BCUT2D eigenvalue weighted by Gasteiger charge is -2.14. The minimum Gasteiger partial charge on any atom is -0.481 e. The summed E-state index contributed by atoms with van der Waals surface area (Å²) in [7, 11) is 0. The average Bonchev–Trinajstić information content (AvgIpc) is 3.91. The Morgan fingerprint density at radius 1 is 0.544 bits per heavy atom. The van der Waals surface area contributed by atoms with Gasteiger partial charge in [-0.3, -0.25) is 24.0 Å². The molecule has 19 heteroatoms. The maximum atomic E-state index is 12.2. The van der Waals surface area contributed by atoms with Crippen molar-refractivity contribution in [2.45, 2.75) is 134 Å². The molecular weight excluding hydrogens is 750 g/mol. The molecule has 0 aromatic carbocycles. The van der Waals surface area contributed by atoms with Crippen molar-refractivity contribution in [1.82, 2.24) is 21.3 Å². The van der Waals surface area contributed by atoms with Crippen LogP contribution in [0.5, 0.6) is 0 Å². The molecular formula is C38H69N5O14. The number of carbonyl (C=O) groups excluding carboxylic acids is 4. The summed E-state index contributed by atoms with van der Waals surface area (Å²) in [5.41, 5.74) is 5.88. The van der Waals surface area contributed by atoms with E-state index in [1.54, 1.807) is 0 Å². The predicted molar refractivity (Wildman–Crippen MR) is 207 cm³/mol. The van der Waals surface area contributed by atoms with E-state index < -0.39 is 24.3 Å². The largest absolute Gasteiger partial charge is 0.481 e. The van der Waals surface area contributed by atoms with Crippen LogP contribution in [0.25, 0.3) is 0 Å². The summed E-state index contributed by atoms with van der Waals surface area (Å²) in [6, 6.07) is -1.35. The summed E-state index contributed by atoms with van der Waals surface area (Å²) in [6.07, 6.45) is 11.2. The highest BCUT2D eigenvalue weighted by atomic mass is 16.7. The number of aliphatic carboxylic acids is 2. The van der Waals surface area contributed by atoms with E-state index in [0.717, 1.165) is 70.6 Å². The van der Waals surface area contributed by atoms with E-state index in [1.165, 1.54) is 0 Å². The number of hydrogen-bond donors (Lipinski definition) is 8. The lowest BCUT2D eigenvalue weighted by Crippen LogP contribution is -2.41. The Morgan fingerprint density at radius 3 is 1.53 bits per heavy atom. The molecule has 9 N–H and O–H groups in total. The quantitative estimate of drug-likeness (QED) is 0.0313. The molecule has 0 aliphatic carbocycles. The van der Waals surface area contributed by atoms with Gasteiger partial charge in [0.15, 0.2) is 6.29 Å². The van der Waals surface area contributed by atoms with Gasteiger partial charge in [-0.1, -0.05) is 57.8 Å². The Morgan fingerprint density at radius 2 is 1.02 bits per heavy atom. The van der Waals surface area contributed by atoms with Gasteiger partial charge in [-0.05, 0) is 32.1 Å². The van der Waals surface area contributed by atoms with Gasteiger partial charge in [-0.15, -0.1) is 0 Å². The number of epoxide rings is 1. The summed E-state index contributed by atoms with van der Waals surface area (Å²) in [5.74, 6) is -3.20. The molecule has 0 aromatic rings. The number of carboxylic acid groups (broad SMARTS) is 2. The lowest BCUT2D eigenvalue weighted by molar-refractivity contribution is -0.142. The highest BCUT2D eigenvalue weighted by Crippen LogP contribution is 2.23. The molecule has 0 radical (unpaired) electrons. The van der Waals surface area contributed by atoms with Crippen molar-refractivity contribution in [3.05, 3.63) is 0 Å². The highest BCUT2D eigenvalue weighted by Gasteiger charge is 2.41. The standard InChI is InChI=1S/C38H69N5O14/c39-29(36-38(52)57-36)13-11-12-18-40-33(46)27-55-25-24-54-22-20-42-34(47)28-56-26-23-53-21-19-41-31(44)17-16-30(37(50)51)43-32(45)14-9-7-5-3-1-2-4-6-8-10-15-35(48)49/h29-30,36,38,52H,1-28,39H2,(H,40,46)(H,41,44)(H,42,47)(H,43,45)(H,48,49)(H,50,51)/t29-,30-,36?,38?/m0/s1. The van der Waals surface area contributed by atoms with Gasteiger partial charge in [-0.25, -0.2) is 4.79 Å². The van der Waals surface area contributed by atoms with E-state index in [-0.39, 0.29) is 127 Å². The van der Waals surface area contributed by atoms with E-state index in [4.69, 9.17) is 34.5 Å². The first kappa shape index (κ1) is 51.6. The van der Waals surface area contributed by atoms with Crippen LogP contribution in [0.3, 0.4) is 0 Å². The van der Waals surface area contributed by atoms with Gasteiger partial charge in [0.2, 0.25) is 23.6 Å². The smallest absolute Gasteiger partial charge is 0.326 e. The zero-order valence-corrected chi connectivity index (χ0v) is 33.5. The monoisotopic (exact) mass is 819 g/mol.